The van der Waals surface area contributed by atoms with Crippen molar-refractivity contribution in [2.75, 3.05) is 78.8 Å². The number of esters is 4. The van der Waals surface area contributed by atoms with Crippen LogP contribution in [-0.4, -0.2) is 170 Å². The summed E-state index contributed by atoms with van der Waals surface area (Å²) < 4.78 is 38.1. The molecule has 0 aromatic rings. The Morgan fingerprint density at radius 2 is 0.491 bits per heavy atom. The molecule has 0 fully saturated rings. The van der Waals surface area contributed by atoms with Crippen LogP contribution < -0.4 is 44.2 Å². The molecule has 0 saturated carbocycles. The van der Waals surface area contributed by atoms with E-state index in [-0.39, 0.29) is 0 Å². The van der Waals surface area contributed by atoms with Crippen molar-refractivity contribution in [1.82, 2.24) is 21.3 Å². The summed E-state index contributed by atoms with van der Waals surface area (Å²) in [5.41, 5.74) is 19.4. The van der Waals surface area contributed by atoms with E-state index in [0.717, 1.165) is 0 Å². The van der Waals surface area contributed by atoms with Gasteiger partial charge in [0, 0.05) is 0 Å². The summed E-state index contributed by atoms with van der Waals surface area (Å²) in [7, 11) is 0. The van der Waals surface area contributed by atoms with Gasteiger partial charge in [-0.25, -0.2) is 0 Å². The predicted molar refractivity (Wildman–Crippen MR) is 162 cm³/mol. The van der Waals surface area contributed by atoms with Crippen LogP contribution in [0.25, 0.3) is 0 Å². The van der Waals surface area contributed by atoms with Crippen molar-refractivity contribution < 1.29 is 88.8 Å². The van der Waals surface area contributed by atoms with Gasteiger partial charge < -0.3 is 0 Å². The second-order valence-corrected chi connectivity index (χ2v) is 14.5. The van der Waals surface area contributed by atoms with Crippen molar-refractivity contribution >= 4 is 91.4 Å². The minimum absolute atomic E-state index is 0.731. The fraction of sp³-hybridized carbons (Fsp3) is 0.500. The summed E-state index contributed by atoms with van der Waals surface area (Å²) in [5, 5.41) is 8.85. The third-order valence-electron chi connectivity index (χ3n) is 4.61. The molecule has 0 aliphatic heterocycles. The standard InChI is InChI=1S/4C6H10N2O5.Sn/c4*7-4(9)3-13-6(12)2-8-1-5(10)11;/h4*8H,1-3H2,(H2,7,9)(H,10,11);/q;;;;+4/p-4. The van der Waals surface area contributed by atoms with Crippen LogP contribution in [0.2, 0.25) is 0 Å². The third-order valence-corrected chi connectivity index (χ3v) is 10.1. The number of hydrogen-bond donors (Lipinski definition) is 8. The number of nitrogens with two attached hydrogens (primary N) is 4. The monoisotopic (exact) mass is 876 g/mol. The summed E-state index contributed by atoms with van der Waals surface area (Å²) in [6.45, 7) is -9.90. The molecule has 0 radical (unpaired) electrons. The second-order valence-electron chi connectivity index (χ2n) is 9.32. The van der Waals surface area contributed by atoms with Crippen molar-refractivity contribution in [3.63, 3.8) is 0 Å². The minimum atomic E-state index is -6.76. The second kappa shape index (κ2) is 26.1. The molecule has 0 bridgehead atoms. The van der Waals surface area contributed by atoms with E-state index in [1.165, 1.54) is 0 Å². The maximum atomic E-state index is 12.8. The van der Waals surface area contributed by atoms with Gasteiger partial charge in [-0.05, 0) is 0 Å². The van der Waals surface area contributed by atoms with Crippen molar-refractivity contribution in [2.24, 2.45) is 22.9 Å². The van der Waals surface area contributed by atoms with Crippen LogP contribution in [0.15, 0.2) is 0 Å². The van der Waals surface area contributed by atoms with E-state index in [1.807, 2.05) is 0 Å². The van der Waals surface area contributed by atoms with E-state index in [1.54, 1.807) is 0 Å². The first kappa shape index (κ1) is 47.3. The third kappa shape index (κ3) is 26.7. The molecule has 0 unspecified atom stereocenters. The number of ether oxygens (including phenoxy) is 4. The van der Waals surface area contributed by atoms with Crippen LogP contribution in [0.1, 0.15) is 0 Å². The van der Waals surface area contributed by atoms with Gasteiger partial charge in [-0.15, -0.1) is 0 Å². The van der Waals surface area contributed by atoms with Gasteiger partial charge in [-0.1, -0.05) is 0 Å². The predicted octanol–water partition coefficient (Wildman–Crippen LogP) is -9.93. The number of primary amides is 4. The zero-order chi connectivity index (χ0) is 40.4. The van der Waals surface area contributed by atoms with E-state index in [9.17, 15) is 57.5 Å². The first-order valence-electron chi connectivity index (χ1n) is 14.3. The quantitative estimate of drug-likeness (QED) is 0.0205. The van der Waals surface area contributed by atoms with Gasteiger partial charge >= 0.3 is 303 Å². The molecule has 0 aromatic heterocycles. The molecule has 53 heavy (non-hydrogen) atoms. The number of hydrogen-bond acceptors (Lipinski definition) is 24. The molecular weight excluding hydrogens is 839 g/mol. The van der Waals surface area contributed by atoms with Crippen LogP contribution in [0.5, 0.6) is 0 Å². The molecule has 28 nitrogen and oxygen atoms in total. The Kier molecular flexibility index (Phi) is 23.3. The zero-order valence-electron chi connectivity index (χ0n) is 27.5. The molecule has 12 N–H and O–H groups in total. The van der Waals surface area contributed by atoms with Crippen molar-refractivity contribution in [2.45, 2.75) is 0 Å². The molecule has 0 aliphatic carbocycles. The molecule has 4 amide bonds. The van der Waals surface area contributed by atoms with E-state index >= 15 is 0 Å². The molecule has 0 atom stereocenters. The Morgan fingerprint density at radius 1 is 0.321 bits per heavy atom. The Labute approximate surface area is 302 Å². The molecule has 0 saturated heterocycles. The maximum absolute atomic E-state index is 12.8. The number of carbonyl (C=O) groups is 12. The molecule has 0 aromatic carbocycles. The molecule has 0 aliphatic rings. The normalized spacial score (nSPS) is 10.4. The molecule has 0 spiro atoms. The summed E-state index contributed by atoms with van der Waals surface area (Å²) in [6, 6.07) is 0. The Balaban J connectivity index is 6.05. The number of nitrogens with one attached hydrogen (secondary N) is 4. The van der Waals surface area contributed by atoms with Gasteiger partial charge in [0.15, 0.2) is 0 Å². The molecular formula is C24H36N8O20Sn. The van der Waals surface area contributed by atoms with Gasteiger partial charge in [0.25, 0.3) is 0 Å². The van der Waals surface area contributed by atoms with Crippen molar-refractivity contribution in [3.8, 4) is 0 Å². The fourth-order valence-electron chi connectivity index (χ4n) is 2.70. The van der Waals surface area contributed by atoms with Crippen LogP contribution in [0, 0.1) is 0 Å². The first-order chi connectivity index (χ1) is 24.8. The molecule has 296 valence electrons. The van der Waals surface area contributed by atoms with Crippen LogP contribution >= 0.6 is 0 Å². The van der Waals surface area contributed by atoms with Crippen LogP contribution in [0.3, 0.4) is 0 Å². The Bertz CT molecular complexity index is 1190. The topological polar surface area (TPSA) is 431 Å². The van der Waals surface area contributed by atoms with Gasteiger partial charge in [0.1, 0.15) is 0 Å². The summed E-state index contributed by atoms with van der Waals surface area (Å²) in [6.07, 6.45) is 0. The Morgan fingerprint density at radius 3 is 0.660 bits per heavy atom. The summed E-state index contributed by atoms with van der Waals surface area (Å²) >= 11 is -6.76. The van der Waals surface area contributed by atoms with Crippen molar-refractivity contribution in [1.29, 1.82) is 0 Å². The average Bonchev–Trinajstić information content (AvgIpc) is 3.04. The Hall–Kier alpha value is -5.72. The van der Waals surface area contributed by atoms with Crippen LogP contribution in [-0.2, 0) is 88.8 Å². The molecule has 0 rings (SSSR count). The molecule has 0 heterocycles. The van der Waals surface area contributed by atoms with Gasteiger partial charge in [0.05, 0.1) is 0 Å². The fourth-order valence-corrected chi connectivity index (χ4v) is 7.42. The van der Waals surface area contributed by atoms with Crippen molar-refractivity contribution in [3.05, 3.63) is 0 Å². The van der Waals surface area contributed by atoms with E-state index in [2.05, 4.69) is 40.2 Å². The van der Waals surface area contributed by atoms with E-state index in [0.29, 0.717) is 0 Å². The summed E-state index contributed by atoms with van der Waals surface area (Å²) in [5.74, 6) is -14.2. The van der Waals surface area contributed by atoms with E-state index < -0.39 is 170 Å². The van der Waals surface area contributed by atoms with Gasteiger partial charge in [0.2, 0.25) is 0 Å². The number of carbonyl (C=O) groups excluding carboxylic acids is 12. The zero-order valence-corrected chi connectivity index (χ0v) is 30.3. The first-order valence-corrected chi connectivity index (χ1v) is 18.9. The average molecular weight is 875 g/mol. The van der Waals surface area contributed by atoms with E-state index in [4.69, 9.17) is 35.2 Å². The SMILES string of the molecule is NC(=O)COC(=O)CNCC(=O)[O][Sn]([O]C(=O)CNCC(=O)OCC(N)=O)([O]C(=O)CNCC(=O)OCC(N)=O)[O]C(=O)CNCC(=O)OCC(N)=O. The van der Waals surface area contributed by atoms with Crippen LogP contribution in [0.4, 0.5) is 0 Å². The summed E-state index contributed by atoms with van der Waals surface area (Å²) in [4.78, 5) is 141. The number of rotatable bonds is 28. The number of amides is 4. The van der Waals surface area contributed by atoms with Gasteiger partial charge in [-0.2, -0.15) is 0 Å². The molecule has 29 heteroatoms. The van der Waals surface area contributed by atoms with Gasteiger partial charge in [-0.3, -0.25) is 0 Å².